The van der Waals surface area contributed by atoms with Crippen LogP contribution in [0.25, 0.3) is 0 Å². The van der Waals surface area contributed by atoms with Crippen molar-refractivity contribution in [2.45, 2.75) is 33.7 Å². The summed E-state index contributed by atoms with van der Waals surface area (Å²) in [5, 5.41) is 11.7. The van der Waals surface area contributed by atoms with Gasteiger partial charge in [-0.25, -0.2) is 9.59 Å². The zero-order chi connectivity index (χ0) is 14.9. The molecule has 2 N–H and O–H groups in total. The second-order valence-corrected chi connectivity index (χ2v) is 5.98. The van der Waals surface area contributed by atoms with Gasteiger partial charge in [-0.1, -0.05) is 13.8 Å². The van der Waals surface area contributed by atoms with Crippen LogP contribution in [0.15, 0.2) is 10.5 Å². The molecule has 0 radical (unpaired) electrons. The zero-order valence-corrected chi connectivity index (χ0v) is 12.0. The van der Waals surface area contributed by atoms with E-state index in [1.54, 1.807) is 11.8 Å². The predicted molar refractivity (Wildman–Crippen MR) is 72.6 cm³/mol. The second kappa shape index (κ2) is 5.19. The van der Waals surface area contributed by atoms with E-state index in [1.807, 2.05) is 0 Å². The van der Waals surface area contributed by atoms with Crippen molar-refractivity contribution in [3.63, 3.8) is 0 Å². The lowest BCUT2D eigenvalue weighted by molar-refractivity contribution is 0.0695. The normalized spacial score (nSPS) is 17.2. The highest BCUT2D eigenvalue weighted by Gasteiger charge is 2.31. The van der Waals surface area contributed by atoms with Crippen LogP contribution >= 0.6 is 0 Å². The van der Waals surface area contributed by atoms with Gasteiger partial charge in [0, 0.05) is 13.1 Å². The van der Waals surface area contributed by atoms with Gasteiger partial charge >= 0.3 is 12.0 Å². The third-order valence-corrected chi connectivity index (χ3v) is 3.58. The molecule has 1 aromatic heterocycles. The fourth-order valence-corrected chi connectivity index (χ4v) is 2.40. The van der Waals surface area contributed by atoms with Gasteiger partial charge in [-0.2, -0.15) is 0 Å². The van der Waals surface area contributed by atoms with Crippen LogP contribution in [0.5, 0.6) is 0 Å². The number of rotatable bonds is 3. The van der Waals surface area contributed by atoms with Crippen molar-refractivity contribution in [2.75, 3.05) is 13.1 Å². The molecule has 2 heterocycles. The Kier molecular flexibility index (Phi) is 3.74. The lowest BCUT2D eigenvalue weighted by atomic mass is 9.93. The maximum absolute atomic E-state index is 12.0. The van der Waals surface area contributed by atoms with E-state index in [9.17, 15) is 9.59 Å². The van der Waals surface area contributed by atoms with Crippen LogP contribution in [0.3, 0.4) is 0 Å². The zero-order valence-electron chi connectivity index (χ0n) is 12.0. The van der Waals surface area contributed by atoms with E-state index in [-0.39, 0.29) is 23.6 Å². The van der Waals surface area contributed by atoms with Gasteiger partial charge in [0.15, 0.2) is 0 Å². The van der Waals surface area contributed by atoms with Gasteiger partial charge in [-0.05, 0) is 24.8 Å². The summed E-state index contributed by atoms with van der Waals surface area (Å²) in [6.45, 7) is 7.54. The Hall–Kier alpha value is -1.98. The number of hydrogen-bond acceptors (Lipinski definition) is 3. The first kappa shape index (κ1) is 14.4. The molecule has 2 rings (SSSR count). The fourth-order valence-electron chi connectivity index (χ4n) is 2.40. The Labute approximate surface area is 117 Å². The van der Waals surface area contributed by atoms with Crippen molar-refractivity contribution in [1.29, 1.82) is 0 Å². The molecule has 6 heteroatoms. The van der Waals surface area contributed by atoms with Crippen LogP contribution in [-0.2, 0) is 6.54 Å². The van der Waals surface area contributed by atoms with Gasteiger partial charge in [-0.15, -0.1) is 0 Å². The second-order valence-electron chi connectivity index (χ2n) is 5.98. The van der Waals surface area contributed by atoms with Gasteiger partial charge in [-0.3, -0.25) is 0 Å². The molecular weight excluding hydrogens is 260 g/mol. The molecular formula is C14H20N2O4. The molecule has 1 aliphatic heterocycles. The Balaban J connectivity index is 1.91. The van der Waals surface area contributed by atoms with E-state index < -0.39 is 5.97 Å². The summed E-state index contributed by atoms with van der Waals surface area (Å²) in [5.41, 5.74) is 0.297. The average Bonchev–Trinajstić information content (AvgIpc) is 2.89. The van der Waals surface area contributed by atoms with E-state index in [0.29, 0.717) is 11.5 Å². The van der Waals surface area contributed by atoms with E-state index in [0.717, 1.165) is 19.5 Å². The number of carbonyl (C=O) groups is 2. The summed E-state index contributed by atoms with van der Waals surface area (Å²) >= 11 is 0. The molecule has 0 aromatic carbocycles. The molecule has 1 fully saturated rings. The third kappa shape index (κ3) is 3.12. The highest BCUT2D eigenvalue weighted by molar-refractivity contribution is 5.88. The minimum absolute atomic E-state index is 0.136. The summed E-state index contributed by atoms with van der Waals surface area (Å²) in [5.74, 6) is -0.221. The maximum Gasteiger partial charge on any atom is 0.339 e. The Morgan fingerprint density at radius 3 is 2.70 bits per heavy atom. The first-order valence-corrected chi connectivity index (χ1v) is 6.64. The lowest BCUT2D eigenvalue weighted by Gasteiger charge is -2.19. The average molecular weight is 280 g/mol. The number of likely N-dealkylation sites (tertiary alicyclic amines) is 1. The van der Waals surface area contributed by atoms with Crippen LogP contribution < -0.4 is 5.32 Å². The molecule has 1 aromatic rings. The molecule has 0 atom stereocenters. The summed E-state index contributed by atoms with van der Waals surface area (Å²) < 4.78 is 5.32. The minimum Gasteiger partial charge on any atom is -0.478 e. The van der Waals surface area contributed by atoms with E-state index in [1.165, 1.54) is 6.07 Å². The number of aromatic carboxylic acids is 1. The molecule has 1 saturated heterocycles. The van der Waals surface area contributed by atoms with Crippen molar-refractivity contribution in [2.24, 2.45) is 5.41 Å². The number of furan rings is 1. The predicted octanol–water partition coefficient (Wildman–Crippen LogP) is 2.23. The van der Waals surface area contributed by atoms with Crippen molar-refractivity contribution in [3.05, 3.63) is 23.2 Å². The first-order chi connectivity index (χ1) is 9.28. The number of hydrogen-bond donors (Lipinski definition) is 2. The van der Waals surface area contributed by atoms with Crippen molar-refractivity contribution in [1.82, 2.24) is 10.2 Å². The van der Waals surface area contributed by atoms with E-state index in [2.05, 4.69) is 19.2 Å². The summed E-state index contributed by atoms with van der Waals surface area (Å²) in [4.78, 5) is 24.7. The van der Waals surface area contributed by atoms with Gasteiger partial charge < -0.3 is 19.7 Å². The van der Waals surface area contributed by atoms with Crippen LogP contribution in [0, 0.1) is 12.3 Å². The first-order valence-electron chi connectivity index (χ1n) is 6.64. The molecule has 0 bridgehead atoms. The smallest absolute Gasteiger partial charge is 0.339 e. The number of carbonyl (C=O) groups excluding carboxylic acids is 1. The van der Waals surface area contributed by atoms with E-state index >= 15 is 0 Å². The molecule has 2 amide bonds. The van der Waals surface area contributed by atoms with E-state index in [4.69, 9.17) is 9.52 Å². The number of amides is 2. The van der Waals surface area contributed by atoms with Gasteiger partial charge in [0.1, 0.15) is 17.1 Å². The van der Waals surface area contributed by atoms with Crippen LogP contribution in [-0.4, -0.2) is 35.1 Å². The largest absolute Gasteiger partial charge is 0.478 e. The Morgan fingerprint density at radius 2 is 2.20 bits per heavy atom. The summed E-state index contributed by atoms with van der Waals surface area (Å²) in [7, 11) is 0. The number of nitrogens with zero attached hydrogens (tertiary/aromatic N) is 1. The van der Waals surface area contributed by atoms with Crippen molar-refractivity contribution in [3.8, 4) is 0 Å². The van der Waals surface area contributed by atoms with Gasteiger partial charge in [0.05, 0.1) is 6.54 Å². The highest BCUT2D eigenvalue weighted by Crippen LogP contribution is 2.28. The number of carboxylic acid groups (broad SMARTS) is 1. The molecule has 20 heavy (non-hydrogen) atoms. The molecule has 110 valence electrons. The number of nitrogens with one attached hydrogen (secondary N) is 1. The van der Waals surface area contributed by atoms with Crippen LogP contribution in [0.1, 0.15) is 42.1 Å². The monoisotopic (exact) mass is 280 g/mol. The molecule has 0 spiro atoms. The standard InChI is InChI=1S/C14H20N2O4/c1-9-11(12(17)18)6-10(20-9)7-15-13(19)16-5-4-14(2,3)8-16/h6H,4-5,7-8H2,1-3H3,(H,15,19)(H,17,18). The summed E-state index contributed by atoms with van der Waals surface area (Å²) in [6, 6.07) is 1.31. The van der Waals surface area contributed by atoms with Crippen molar-refractivity contribution < 1.29 is 19.1 Å². The van der Waals surface area contributed by atoms with Gasteiger partial charge in [0.2, 0.25) is 0 Å². The topological polar surface area (TPSA) is 82.8 Å². The molecule has 0 aliphatic carbocycles. The highest BCUT2D eigenvalue weighted by atomic mass is 16.4. The Morgan fingerprint density at radius 1 is 1.50 bits per heavy atom. The molecule has 0 saturated carbocycles. The Bertz CT molecular complexity index is 533. The quantitative estimate of drug-likeness (QED) is 0.889. The van der Waals surface area contributed by atoms with Crippen LogP contribution in [0.2, 0.25) is 0 Å². The number of urea groups is 1. The summed E-state index contributed by atoms with van der Waals surface area (Å²) in [6.07, 6.45) is 0.990. The van der Waals surface area contributed by atoms with Crippen molar-refractivity contribution >= 4 is 12.0 Å². The molecule has 0 unspecified atom stereocenters. The SMILES string of the molecule is Cc1oc(CNC(=O)N2CCC(C)(C)C2)cc1C(=O)O. The number of carboxylic acids is 1. The minimum atomic E-state index is -1.02. The van der Waals surface area contributed by atoms with Gasteiger partial charge in [0.25, 0.3) is 0 Å². The molecule has 6 nitrogen and oxygen atoms in total. The molecule has 1 aliphatic rings. The third-order valence-electron chi connectivity index (χ3n) is 3.58. The maximum atomic E-state index is 12.0. The van der Waals surface area contributed by atoms with Crippen LogP contribution in [0.4, 0.5) is 4.79 Å². The fraction of sp³-hybridized carbons (Fsp3) is 0.571. The number of aryl methyl sites for hydroxylation is 1. The lowest BCUT2D eigenvalue weighted by Crippen LogP contribution is -2.38.